The SMILES string of the molecule is CCC(C)N(CCNC(=O)Cn1ncc2c([nH]c3ccccc32)c1=O)Cc1ccco1. The average molecular weight is 422 g/mol. The molecule has 0 bridgehead atoms. The van der Waals surface area contributed by atoms with Gasteiger partial charge in [0.15, 0.2) is 0 Å². The number of nitrogens with one attached hydrogen (secondary N) is 2. The minimum absolute atomic E-state index is 0.119. The molecule has 8 heteroatoms. The van der Waals surface area contributed by atoms with E-state index >= 15 is 0 Å². The lowest BCUT2D eigenvalue weighted by Gasteiger charge is -2.27. The molecule has 0 fully saturated rings. The minimum Gasteiger partial charge on any atom is -0.468 e. The third-order valence-corrected chi connectivity index (χ3v) is 5.69. The molecule has 0 spiro atoms. The van der Waals surface area contributed by atoms with Crippen LogP contribution in [0.1, 0.15) is 26.0 Å². The van der Waals surface area contributed by atoms with Crippen molar-refractivity contribution in [2.24, 2.45) is 0 Å². The van der Waals surface area contributed by atoms with E-state index < -0.39 is 0 Å². The highest BCUT2D eigenvalue weighted by Gasteiger charge is 2.15. The molecule has 0 saturated carbocycles. The smallest absolute Gasteiger partial charge is 0.291 e. The van der Waals surface area contributed by atoms with Gasteiger partial charge >= 0.3 is 0 Å². The van der Waals surface area contributed by atoms with Gasteiger partial charge in [0.25, 0.3) is 5.56 Å². The molecule has 3 aromatic heterocycles. The predicted molar refractivity (Wildman–Crippen MR) is 120 cm³/mol. The van der Waals surface area contributed by atoms with E-state index in [1.165, 1.54) is 4.68 Å². The summed E-state index contributed by atoms with van der Waals surface area (Å²) in [5, 5.41) is 8.81. The summed E-state index contributed by atoms with van der Waals surface area (Å²) in [6, 6.07) is 11.9. The number of hydrogen-bond donors (Lipinski definition) is 2. The van der Waals surface area contributed by atoms with Crippen LogP contribution in [0.5, 0.6) is 0 Å². The molecule has 1 unspecified atom stereocenters. The van der Waals surface area contributed by atoms with E-state index in [1.54, 1.807) is 12.5 Å². The topological polar surface area (TPSA) is 96.2 Å². The zero-order valence-electron chi connectivity index (χ0n) is 17.8. The van der Waals surface area contributed by atoms with Crippen LogP contribution < -0.4 is 10.9 Å². The molecule has 0 aliphatic carbocycles. The first-order valence-corrected chi connectivity index (χ1v) is 10.6. The van der Waals surface area contributed by atoms with Gasteiger partial charge in [-0.25, -0.2) is 4.68 Å². The maximum Gasteiger partial charge on any atom is 0.291 e. The molecule has 0 saturated heterocycles. The number of H-pyrrole nitrogens is 1. The molecule has 0 aliphatic rings. The molecule has 3 heterocycles. The number of hydrogen-bond acceptors (Lipinski definition) is 5. The first-order valence-electron chi connectivity index (χ1n) is 10.6. The van der Waals surface area contributed by atoms with E-state index in [2.05, 4.69) is 34.1 Å². The number of para-hydroxylation sites is 1. The summed E-state index contributed by atoms with van der Waals surface area (Å²) in [7, 11) is 0. The van der Waals surface area contributed by atoms with Crippen LogP contribution in [-0.4, -0.2) is 44.7 Å². The fourth-order valence-corrected chi connectivity index (χ4v) is 3.74. The van der Waals surface area contributed by atoms with Crippen LogP contribution in [0.25, 0.3) is 21.8 Å². The van der Waals surface area contributed by atoms with Gasteiger partial charge in [0.1, 0.15) is 17.8 Å². The summed E-state index contributed by atoms with van der Waals surface area (Å²) in [6.07, 6.45) is 4.30. The lowest BCUT2D eigenvalue weighted by molar-refractivity contribution is -0.122. The Morgan fingerprint density at radius 2 is 2.10 bits per heavy atom. The van der Waals surface area contributed by atoms with Crippen molar-refractivity contribution in [1.82, 2.24) is 25.0 Å². The number of aromatic amines is 1. The van der Waals surface area contributed by atoms with Crippen molar-refractivity contribution in [1.29, 1.82) is 0 Å². The Hall–Kier alpha value is -3.39. The van der Waals surface area contributed by atoms with Crippen molar-refractivity contribution in [2.75, 3.05) is 13.1 Å². The highest BCUT2D eigenvalue weighted by molar-refractivity contribution is 6.06. The molecular weight excluding hydrogens is 394 g/mol. The number of nitrogens with zero attached hydrogens (tertiary/aromatic N) is 3. The minimum atomic E-state index is -0.303. The predicted octanol–water partition coefficient (Wildman–Crippen LogP) is 2.89. The number of rotatable bonds is 9. The Balaban J connectivity index is 1.39. The van der Waals surface area contributed by atoms with Gasteiger partial charge in [-0.15, -0.1) is 0 Å². The zero-order chi connectivity index (χ0) is 21.8. The summed E-state index contributed by atoms with van der Waals surface area (Å²) in [4.78, 5) is 30.6. The summed E-state index contributed by atoms with van der Waals surface area (Å²) in [5.41, 5.74) is 1.04. The van der Waals surface area contributed by atoms with Gasteiger partial charge in [0.2, 0.25) is 5.91 Å². The van der Waals surface area contributed by atoms with Crippen molar-refractivity contribution in [2.45, 2.75) is 39.4 Å². The highest BCUT2D eigenvalue weighted by atomic mass is 16.3. The van der Waals surface area contributed by atoms with Crippen LogP contribution in [0, 0.1) is 0 Å². The van der Waals surface area contributed by atoms with Crippen molar-refractivity contribution < 1.29 is 9.21 Å². The van der Waals surface area contributed by atoms with E-state index in [-0.39, 0.29) is 18.0 Å². The van der Waals surface area contributed by atoms with E-state index in [0.717, 1.165) is 28.5 Å². The number of benzene rings is 1. The van der Waals surface area contributed by atoms with E-state index in [9.17, 15) is 9.59 Å². The van der Waals surface area contributed by atoms with Gasteiger partial charge < -0.3 is 14.7 Å². The monoisotopic (exact) mass is 421 g/mol. The highest BCUT2D eigenvalue weighted by Crippen LogP contribution is 2.21. The first-order chi connectivity index (χ1) is 15.1. The normalized spacial score (nSPS) is 12.6. The second kappa shape index (κ2) is 9.18. The number of fused-ring (bicyclic) bond motifs is 3. The summed E-state index contributed by atoms with van der Waals surface area (Å²) in [6.45, 7) is 6.03. The maximum atomic E-state index is 12.8. The Morgan fingerprint density at radius 3 is 2.87 bits per heavy atom. The lowest BCUT2D eigenvalue weighted by Crippen LogP contribution is -2.41. The van der Waals surface area contributed by atoms with E-state index in [4.69, 9.17) is 4.42 Å². The number of carbonyl (C=O) groups is 1. The first kappa shape index (κ1) is 20.9. The molecule has 31 heavy (non-hydrogen) atoms. The third kappa shape index (κ3) is 4.54. The molecule has 8 nitrogen and oxygen atoms in total. The molecule has 1 amide bonds. The summed E-state index contributed by atoms with van der Waals surface area (Å²) >= 11 is 0. The van der Waals surface area contributed by atoms with Gasteiger partial charge in [-0.3, -0.25) is 14.5 Å². The van der Waals surface area contributed by atoms with Crippen LogP contribution in [0.4, 0.5) is 0 Å². The van der Waals surface area contributed by atoms with Gasteiger partial charge in [0, 0.05) is 35.4 Å². The standard InChI is InChI=1S/C23H27N5O3/c1-3-16(2)27(14-17-7-6-12-31-17)11-10-24-21(29)15-28-23(30)22-19(13-25-28)18-8-4-5-9-20(18)26-22/h4-9,12-13,16,26H,3,10-11,14-15H2,1-2H3,(H,24,29). The van der Waals surface area contributed by atoms with Crippen LogP contribution >= 0.6 is 0 Å². The van der Waals surface area contributed by atoms with Crippen molar-refractivity contribution in [3.8, 4) is 0 Å². The number of carbonyl (C=O) groups excluding carboxylic acids is 1. The van der Waals surface area contributed by atoms with Crippen LogP contribution in [0.2, 0.25) is 0 Å². The molecule has 0 radical (unpaired) electrons. The Morgan fingerprint density at radius 1 is 1.26 bits per heavy atom. The fourth-order valence-electron chi connectivity index (χ4n) is 3.74. The second-order valence-corrected chi connectivity index (χ2v) is 7.72. The molecule has 0 aliphatic heterocycles. The van der Waals surface area contributed by atoms with Crippen molar-refractivity contribution >= 4 is 27.7 Å². The number of aromatic nitrogens is 3. The molecule has 4 rings (SSSR count). The average Bonchev–Trinajstić information content (AvgIpc) is 3.42. The quantitative estimate of drug-likeness (QED) is 0.433. The Labute approximate surface area is 179 Å². The molecule has 4 aromatic rings. The molecule has 1 atom stereocenters. The molecule has 2 N–H and O–H groups in total. The van der Waals surface area contributed by atoms with E-state index in [1.807, 2.05) is 36.4 Å². The van der Waals surface area contributed by atoms with Crippen molar-refractivity contribution in [3.63, 3.8) is 0 Å². The zero-order valence-corrected chi connectivity index (χ0v) is 17.8. The van der Waals surface area contributed by atoms with Gasteiger partial charge in [-0.2, -0.15) is 5.10 Å². The molecular formula is C23H27N5O3. The number of amides is 1. The largest absolute Gasteiger partial charge is 0.468 e. The van der Waals surface area contributed by atoms with Gasteiger partial charge in [-0.05, 0) is 31.5 Å². The van der Waals surface area contributed by atoms with E-state index in [0.29, 0.717) is 31.2 Å². The third-order valence-electron chi connectivity index (χ3n) is 5.69. The fraction of sp³-hybridized carbons (Fsp3) is 0.348. The Bertz CT molecular complexity index is 1230. The number of furan rings is 1. The summed E-state index contributed by atoms with van der Waals surface area (Å²) in [5.74, 6) is 0.654. The van der Waals surface area contributed by atoms with Gasteiger partial charge in [0.05, 0.1) is 19.0 Å². The van der Waals surface area contributed by atoms with Crippen LogP contribution in [0.15, 0.2) is 58.1 Å². The molecule has 1 aromatic carbocycles. The van der Waals surface area contributed by atoms with Crippen LogP contribution in [0.3, 0.4) is 0 Å². The van der Waals surface area contributed by atoms with Crippen LogP contribution in [-0.2, 0) is 17.9 Å². The van der Waals surface area contributed by atoms with Gasteiger partial charge in [-0.1, -0.05) is 25.1 Å². The molecule has 162 valence electrons. The second-order valence-electron chi connectivity index (χ2n) is 7.72. The maximum absolute atomic E-state index is 12.8. The Kier molecular flexibility index (Phi) is 6.18. The van der Waals surface area contributed by atoms with Crippen molar-refractivity contribution in [3.05, 3.63) is 65.0 Å². The summed E-state index contributed by atoms with van der Waals surface area (Å²) < 4.78 is 6.65. The lowest BCUT2D eigenvalue weighted by atomic mass is 10.2.